The normalized spacial score (nSPS) is 11.7. The number of carbonyl (C=O) groups is 1. The largest absolute Gasteiger partial charge is 0.490 e. The molecule has 0 radical (unpaired) electrons. The van der Waals surface area contributed by atoms with Crippen LogP contribution in [0.4, 0.5) is 8.78 Å². The lowest BCUT2D eigenvalue weighted by Gasteiger charge is -2.16. The lowest BCUT2D eigenvalue weighted by molar-refractivity contribution is -0.123. The van der Waals surface area contributed by atoms with Gasteiger partial charge >= 0.3 is 0 Å². The Labute approximate surface area is 139 Å². The summed E-state index contributed by atoms with van der Waals surface area (Å²) in [6, 6.07) is 9.64. The van der Waals surface area contributed by atoms with Crippen LogP contribution in [-0.4, -0.2) is 19.1 Å². The first-order chi connectivity index (χ1) is 11.5. The van der Waals surface area contributed by atoms with E-state index in [1.54, 1.807) is 31.2 Å². The van der Waals surface area contributed by atoms with Gasteiger partial charge in [-0.1, -0.05) is 18.2 Å². The number of ether oxygens (including phenoxy) is 2. The summed E-state index contributed by atoms with van der Waals surface area (Å²) in [6.07, 6.45) is 0. The van der Waals surface area contributed by atoms with E-state index in [0.717, 1.165) is 12.1 Å². The zero-order valence-corrected chi connectivity index (χ0v) is 13.5. The number of hydrogen-bond acceptors (Lipinski definition) is 3. The van der Waals surface area contributed by atoms with Gasteiger partial charge in [0, 0.05) is 11.6 Å². The SMILES string of the molecule is CCOc1ccccc1OCC(=O)N[C@@H](C)c1ccc(F)cc1F. The van der Waals surface area contributed by atoms with E-state index in [1.165, 1.54) is 6.07 Å². The van der Waals surface area contributed by atoms with Crippen LogP contribution in [0, 0.1) is 11.6 Å². The average Bonchev–Trinajstić information content (AvgIpc) is 2.54. The second-order valence-corrected chi connectivity index (χ2v) is 5.12. The molecule has 24 heavy (non-hydrogen) atoms. The van der Waals surface area contributed by atoms with Crippen molar-refractivity contribution in [3.63, 3.8) is 0 Å². The Balaban J connectivity index is 1.94. The van der Waals surface area contributed by atoms with Crippen molar-refractivity contribution in [2.24, 2.45) is 0 Å². The van der Waals surface area contributed by atoms with Crippen LogP contribution in [0.25, 0.3) is 0 Å². The second kappa shape index (κ2) is 8.29. The maximum Gasteiger partial charge on any atom is 0.258 e. The number of rotatable bonds is 7. The molecule has 2 rings (SSSR count). The number of benzene rings is 2. The highest BCUT2D eigenvalue weighted by Crippen LogP contribution is 2.26. The van der Waals surface area contributed by atoms with Crippen molar-refractivity contribution >= 4 is 5.91 Å². The predicted molar refractivity (Wildman–Crippen MR) is 86.0 cm³/mol. The molecule has 1 amide bonds. The van der Waals surface area contributed by atoms with E-state index in [2.05, 4.69) is 5.32 Å². The summed E-state index contributed by atoms with van der Waals surface area (Å²) in [4.78, 5) is 12.0. The Kier molecular flexibility index (Phi) is 6.12. The van der Waals surface area contributed by atoms with Crippen LogP contribution >= 0.6 is 0 Å². The Hall–Kier alpha value is -2.63. The minimum Gasteiger partial charge on any atom is -0.490 e. The highest BCUT2D eigenvalue weighted by Gasteiger charge is 2.15. The van der Waals surface area contributed by atoms with Gasteiger partial charge in [0.25, 0.3) is 5.91 Å². The number of carbonyl (C=O) groups excluding carboxylic acids is 1. The van der Waals surface area contributed by atoms with Crippen molar-refractivity contribution < 1.29 is 23.0 Å². The van der Waals surface area contributed by atoms with E-state index in [1.807, 2.05) is 6.92 Å². The van der Waals surface area contributed by atoms with Crippen LogP contribution in [0.5, 0.6) is 11.5 Å². The van der Waals surface area contributed by atoms with Crippen LogP contribution in [-0.2, 0) is 4.79 Å². The number of halogens is 2. The summed E-state index contributed by atoms with van der Waals surface area (Å²) in [5.74, 6) is -0.783. The van der Waals surface area contributed by atoms with Gasteiger partial charge in [-0.05, 0) is 32.0 Å². The van der Waals surface area contributed by atoms with Crippen LogP contribution in [0.1, 0.15) is 25.5 Å². The second-order valence-electron chi connectivity index (χ2n) is 5.12. The number of amides is 1. The smallest absolute Gasteiger partial charge is 0.258 e. The molecule has 0 spiro atoms. The molecule has 1 atom stereocenters. The highest BCUT2D eigenvalue weighted by molar-refractivity contribution is 5.78. The minimum absolute atomic E-state index is 0.208. The highest BCUT2D eigenvalue weighted by atomic mass is 19.1. The van der Waals surface area contributed by atoms with Crippen molar-refractivity contribution in [3.05, 3.63) is 59.7 Å². The first-order valence-electron chi connectivity index (χ1n) is 7.60. The predicted octanol–water partition coefficient (Wildman–Crippen LogP) is 3.62. The standard InChI is InChI=1S/C18H19F2NO3/c1-3-23-16-6-4-5-7-17(16)24-11-18(22)21-12(2)14-9-8-13(19)10-15(14)20/h4-10,12H,3,11H2,1-2H3,(H,21,22)/t12-/m0/s1. The third kappa shape index (κ3) is 4.68. The number of hydrogen-bond donors (Lipinski definition) is 1. The van der Waals surface area contributed by atoms with Gasteiger partial charge in [-0.15, -0.1) is 0 Å². The summed E-state index contributed by atoms with van der Waals surface area (Å²) in [5, 5.41) is 2.61. The van der Waals surface area contributed by atoms with Crippen LogP contribution in [0.3, 0.4) is 0 Å². The van der Waals surface area contributed by atoms with Gasteiger partial charge in [0.15, 0.2) is 18.1 Å². The third-order valence-corrected chi connectivity index (χ3v) is 3.31. The third-order valence-electron chi connectivity index (χ3n) is 3.31. The Bertz CT molecular complexity index is 706. The molecule has 0 aliphatic carbocycles. The summed E-state index contributed by atoms with van der Waals surface area (Å²) < 4.78 is 37.5. The quantitative estimate of drug-likeness (QED) is 0.841. The Morgan fingerprint density at radius 3 is 2.42 bits per heavy atom. The van der Waals surface area contributed by atoms with Gasteiger partial charge in [-0.2, -0.15) is 0 Å². The molecule has 0 fully saturated rings. The summed E-state index contributed by atoms with van der Waals surface area (Å²) >= 11 is 0. The van der Waals surface area contributed by atoms with E-state index >= 15 is 0 Å². The van der Waals surface area contributed by atoms with Gasteiger partial charge in [0.05, 0.1) is 12.6 Å². The van der Waals surface area contributed by atoms with Crippen molar-refractivity contribution in [2.45, 2.75) is 19.9 Å². The van der Waals surface area contributed by atoms with Gasteiger partial charge in [-0.3, -0.25) is 4.79 Å². The molecule has 0 aliphatic heterocycles. The van der Waals surface area contributed by atoms with E-state index < -0.39 is 23.6 Å². The summed E-state index contributed by atoms with van der Waals surface area (Å²) in [7, 11) is 0. The fourth-order valence-corrected chi connectivity index (χ4v) is 2.20. The number of nitrogens with one attached hydrogen (secondary N) is 1. The molecule has 0 unspecified atom stereocenters. The molecule has 0 saturated carbocycles. The maximum atomic E-state index is 13.7. The Morgan fingerprint density at radius 2 is 1.79 bits per heavy atom. The molecule has 0 bridgehead atoms. The van der Waals surface area contributed by atoms with Gasteiger partial charge in [-0.25, -0.2) is 8.78 Å². The van der Waals surface area contributed by atoms with Crippen molar-refractivity contribution in [2.75, 3.05) is 13.2 Å². The summed E-state index contributed by atoms with van der Waals surface area (Å²) in [6.45, 7) is 3.70. The van der Waals surface area contributed by atoms with Crippen LogP contribution in [0.2, 0.25) is 0 Å². The van der Waals surface area contributed by atoms with E-state index in [0.29, 0.717) is 18.1 Å². The number of para-hydroxylation sites is 2. The first-order valence-corrected chi connectivity index (χ1v) is 7.60. The molecule has 0 aromatic heterocycles. The van der Waals surface area contributed by atoms with E-state index in [4.69, 9.17) is 9.47 Å². The molecule has 128 valence electrons. The van der Waals surface area contributed by atoms with Crippen molar-refractivity contribution in [3.8, 4) is 11.5 Å². The molecule has 1 N–H and O–H groups in total. The van der Waals surface area contributed by atoms with Gasteiger partial charge in [0.2, 0.25) is 0 Å². The van der Waals surface area contributed by atoms with E-state index in [-0.39, 0.29) is 12.2 Å². The molecule has 6 heteroatoms. The zero-order valence-electron chi connectivity index (χ0n) is 13.5. The Morgan fingerprint density at radius 1 is 1.12 bits per heavy atom. The molecule has 4 nitrogen and oxygen atoms in total. The fourth-order valence-electron chi connectivity index (χ4n) is 2.20. The lowest BCUT2D eigenvalue weighted by Crippen LogP contribution is -2.31. The van der Waals surface area contributed by atoms with Gasteiger partial charge in [0.1, 0.15) is 11.6 Å². The molecule has 2 aromatic rings. The molecular formula is C18H19F2NO3. The minimum atomic E-state index is -0.703. The lowest BCUT2D eigenvalue weighted by atomic mass is 10.1. The van der Waals surface area contributed by atoms with Crippen LogP contribution < -0.4 is 14.8 Å². The van der Waals surface area contributed by atoms with E-state index in [9.17, 15) is 13.6 Å². The van der Waals surface area contributed by atoms with Gasteiger partial charge < -0.3 is 14.8 Å². The topological polar surface area (TPSA) is 47.6 Å². The van der Waals surface area contributed by atoms with Crippen molar-refractivity contribution in [1.82, 2.24) is 5.32 Å². The fraction of sp³-hybridized carbons (Fsp3) is 0.278. The molecular weight excluding hydrogens is 316 g/mol. The maximum absolute atomic E-state index is 13.7. The molecule has 0 saturated heterocycles. The summed E-state index contributed by atoms with van der Waals surface area (Å²) in [5.41, 5.74) is 0.208. The monoisotopic (exact) mass is 335 g/mol. The molecule has 0 heterocycles. The average molecular weight is 335 g/mol. The zero-order chi connectivity index (χ0) is 17.5. The molecule has 0 aliphatic rings. The first kappa shape index (κ1) is 17.7. The molecule has 2 aromatic carbocycles. The van der Waals surface area contributed by atoms with Crippen LogP contribution in [0.15, 0.2) is 42.5 Å². The van der Waals surface area contributed by atoms with Crippen molar-refractivity contribution in [1.29, 1.82) is 0 Å².